The first-order valence-corrected chi connectivity index (χ1v) is 11.4. The lowest BCUT2D eigenvalue weighted by Gasteiger charge is -2.27. The van der Waals surface area contributed by atoms with Crippen LogP contribution in [0.25, 0.3) is 5.76 Å². The van der Waals surface area contributed by atoms with Crippen LogP contribution in [0, 0.1) is 27.7 Å². The molecule has 1 atom stereocenters. The van der Waals surface area contributed by atoms with E-state index in [4.69, 9.17) is 9.47 Å². The van der Waals surface area contributed by atoms with E-state index < -0.39 is 17.7 Å². The number of anilines is 1. The highest BCUT2D eigenvalue weighted by atomic mass is 16.5. The minimum Gasteiger partial charge on any atom is -0.507 e. The average molecular weight is 472 g/mol. The van der Waals surface area contributed by atoms with Crippen LogP contribution in [-0.4, -0.2) is 31.0 Å². The summed E-state index contributed by atoms with van der Waals surface area (Å²) in [7, 11) is 3.07. The summed E-state index contributed by atoms with van der Waals surface area (Å²) < 4.78 is 11.0. The number of hydrogen-bond acceptors (Lipinski definition) is 5. The van der Waals surface area contributed by atoms with Crippen molar-refractivity contribution in [1.29, 1.82) is 0 Å². The van der Waals surface area contributed by atoms with E-state index >= 15 is 0 Å². The molecule has 0 spiro atoms. The molecule has 1 N–H and O–H groups in total. The van der Waals surface area contributed by atoms with Crippen LogP contribution < -0.4 is 14.4 Å². The van der Waals surface area contributed by atoms with Crippen LogP contribution in [0.5, 0.6) is 11.5 Å². The first-order chi connectivity index (χ1) is 16.7. The number of ether oxygens (including phenoxy) is 2. The van der Waals surface area contributed by atoms with Gasteiger partial charge in [-0.25, -0.2) is 0 Å². The predicted molar refractivity (Wildman–Crippen MR) is 136 cm³/mol. The van der Waals surface area contributed by atoms with Crippen LogP contribution in [0.4, 0.5) is 5.69 Å². The fourth-order valence-electron chi connectivity index (χ4n) is 4.83. The molecular formula is C29H29NO5. The molecule has 1 aliphatic rings. The third-order valence-electron chi connectivity index (χ3n) is 6.34. The summed E-state index contributed by atoms with van der Waals surface area (Å²) in [6.07, 6.45) is 0. The third kappa shape index (κ3) is 4.16. The number of aliphatic hydroxyl groups excluding tert-OH is 1. The van der Waals surface area contributed by atoms with Gasteiger partial charge in [0.05, 0.1) is 31.4 Å². The molecule has 0 aromatic heterocycles. The predicted octanol–water partition coefficient (Wildman–Crippen LogP) is 5.56. The van der Waals surface area contributed by atoms with E-state index in [2.05, 4.69) is 0 Å². The summed E-state index contributed by atoms with van der Waals surface area (Å²) in [6.45, 7) is 7.64. The Bertz CT molecular complexity index is 1370. The molecular weight excluding hydrogens is 442 g/mol. The van der Waals surface area contributed by atoms with Crippen molar-refractivity contribution in [3.8, 4) is 11.5 Å². The van der Waals surface area contributed by atoms with Crippen molar-refractivity contribution in [2.75, 3.05) is 19.1 Å². The van der Waals surface area contributed by atoms with Crippen LogP contribution in [0.2, 0.25) is 0 Å². The van der Waals surface area contributed by atoms with Crippen LogP contribution in [-0.2, 0) is 9.59 Å². The van der Waals surface area contributed by atoms with E-state index in [-0.39, 0.29) is 11.3 Å². The Morgan fingerprint density at radius 2 is 1.57 bits per heavy atom. The number of Topliss-reactive ketones (excluding diaryl/α,β-unsaturated/α-hetero) is 1. The molecule has 180 valence electrons. The molecule has 4 rings (SSSR count). The van der Waals surface area contributed by atoms with Gasteiger partial charge in [0.25, 0.3) is 11.7 Å². The molecule has 1 aliphatic heterocycles. The maximum Gasteiger partial charge on any atom is 0.300 e. The Hall–Kier alpha value is -4.06. The second kappa shape index (κ2) is 9.29. The highest BCUT2D eigenvalue weighted by Gasteiger charge is 2.47. The zero-order valence-electron chi connectivity index (χ0n) is 20.8. The number of rotatable bonds is 5. The van der Waals surface area contributed by atoms with Gasteiger partial charge in [0.1, 0.15) is 17.3 Å². The monoisotopic (exact) mass is 471 g/mol. The van der Waals surface area contributed by atoms with Crippen LogP contribution in [0.1, 0.15) is 39.4 Å². The van der Waals surface area contributed by atoms with Gasteiger partial charge in [-0.3, -0.25) is 14.5 Å². The van der Waals surface area contributed by atoms with Gasteiger partial charge >= 0.3 is 0 Å². The van der Waals surface area contributed by atoms with E-state index in [9.17, 15) is 14.7 Å². The topological polar surface area (TPSA) is 76.1 Å². The second-order valence-electron chi connectivity index (χ2n) is 8.90. The molecule has 6 heteroatoms. The quantitative estimate of drug-likeness (QED) is 0.299. The van der Waals surface area contributed by atoms with Crippen LogP contribution in [0.15, 0.2) is 60.2 Å². The maximum absolute atomic E-state index is 13.5. The van der Waals surface area contributed by atoms with Gasteiger partial charge in [-0.2, -0.15) is 0 Å². The van der Waals surface area contributed by atoms with Crippen molar-refractivity contribution in [2.45, 2.75) is 33.7 Å². The summed E-state index contributed by atoms with van der Waals surface area (Å²) >= 11 is 0. The second-order valence-corrected chi connectivity index (χ2v) is 8.90. The van der Waals surface area contributed by atoms with Gasteiger partial charge in [0.15, 0.2) is 0 Å². The highest BCUT2D eigenvalue weighted by Crippen LogP contribution is 2.45. The molecule has 0 radical (unpaired) electrons. The van der Waals surface area contributed by atoms with Crippen molar-refractivity contribution < 1.29 is 24.2 Å². The van der Waals surface area contributed by atoms with Crippen molar-refractivity contribution in [3.05, 3.63) is 93.6 Å². The van der Waals surface area contributed by atoms with Gasteiger partial charge in [0.2, 0.25) is 0 Å². The molecule has 1 unspecified atom stereocenters. The Balaban J connectivity index is 2.04. The zero-order valence-corrected chi connectivity index (χ0v) is 20.8. The molecule has 0 bridgehead atoms. The molecule has 0 aliphatic carbocycles. The third-order valence-corrected chi connectivity index (χ3v) is 6.34. The largest absolute Gasteiger partial charge is 0.507 e. The minimum absolute atomic E-state index is 0.00604. The number of benzene rings is 3. The molecule has 1 heterocycles. The Labute approximate surface area is 205 Å². The summed E-state index contributed by atoms with van der Waals surface area (Å²) in [4.78, 5) is 28.5. The zero-order chi connectivity index (χ0) is 25.4. The van der Waals surface area contributed by atoms with Crippen LogP contribution >= 0.6 is 0 Å². The molecule has 1 amide bonds. The van der Waals surface area contributed by atoms with Gasteiger partial charge in [-0.05, 0) is 74.2 Å². The number of hydrogen-bond donors (Lipinski definition) is 1. The van der Waals surface area contributed by atoms with E-state index in [0.29, 0.717) is 28.3 Å². The molecule has 0 saturated carbocycles. The Kier molecular flexibility index (Phi) is 6.39. The Morgan fingerprint density at radius 3 is 2.23 bits per heavy atom. The number of aryl methyl sites for hydroxylation is 4. The van der Waals surface area contributed by atoms with Crippen molar-refractivity contribution in [2.24, 2.45) is 0 Å². The first kappa shape index (κ1) is 24.1. The number of amides is 1. The standard InChI is InChI=1S/C29H29NO5/c1-16-10-11-23(18(3)12-16)30-25(20-8-7-9-21(15-20)34-5)24(27(32)29(30)33)26(31)22-14-17(2)13-19(4)28(22)35-6/h7-15,25,31H,1-6H3/b26-24+. The van der Waals surface area contributed by atoms with Gasteiger partial charge in [-0.15, -0.1) is 0 Å². The highest BCUT2D eigenvalue weighted by molar-refractivity contribution is 6.51. The molecule has 3 aromatic carbocycles. The van der Waals surface area contributed by atoms with Gasteiger partial charge < -0.3 is 14.6 Å². The number of carbonyl (C=O) groups excluding carboxylic acids is 2. The number of carbonyl (C=O) groups is 2. The summed E-state index contributed by atoms with van der Waals surface area (Å²) in [5.41, 5.74) is 5.24. The lowest BCUT2D eigenvalue weighted by atomic mass is 9.93. The van der Waals surface area contributed by atoms with E-state index in [1.165, 1.54) is 12.0 Å². The molecule has 1 fully saturated rings. The molecule has 1 saturated heterocycles. The minimum atomic E-state index is -0.850. The van der Waals surface area contributed by atoms with E-state index in [1.54, 1.807) is 31.4 Å². The normalized spacial score (nSPS) is 17.1. The number of ketones is 1. The smallest absolute Gasteiger partial charge is 0.300 e. The summed E-state index contributed by atoms with van der Waals surface area (Å²) in [6, 6.07) is 15.7. The lowest BCUT2D eigenvalue weighted by molar-refractivity contribution is -0.132. The SMILES string of the molecule is COc1cccc(C2/C(=C(\O)c3cc(C)cc(C)c3OC)C(=O)C(=O)N2c2ccc(C)cc2C)c1. The average Bonchev–Trinajstić information content (AvgIpc) is 3.08. The van der Waals surface area contributed by atoms with Gasteiger partial charge in [0, 0.05) is 5.69 Å². The van der Waals surface area contributed by atoms with Crippen molar-refractivity contribution >= 4 is 23.1 Å². The molecule has 6 nitrogen and oxygen atoms in total. The van der Waals surface area contributed by atoms with Crippen molar-refractivity contribution in [3.63, 3.8) is 0 Å². The maximum atomic E-state index is 13.5. The van der Waals surface area contributed by atoms with E-state index in [1.807, 2.05) is 58.0 Å². The lowest BCUT2D eigenvalue weighted by Crippen LogP contribution is -2.30. The summed E-state index contributed by atoms with van der Waals surface area (Å²) in [5.74, 6) is -0.689. The number of methoxy groups -OCH3 is 2. The fraction of sp³-hybridized carbons (Fsp3) is 0.241. The van der Waals surface area contributed by atoms with Crippen molar-refractivity contribution in [1.82, 2.24) is 0 Å². The number of aliphatic hydroxyl groups is 1. The first-order valence-electron chi connectivity index (χ1n) is 11.4. The summed E-state index contributed by atoms with van der Waals surface area (Å²) in [5, 5.41) is 11.6. The number of nitrogens with zero attached hydrogens (tertiary/aromatic N) is 1. The fourth-order valence-corrected chi connectivity index (χ4v) is 4.83. The molecule has 35 heavy (non-hydrogen) atoms. The Morgan fingerprint density at radius 1 is 0.857 bits per heavy atom. The van der Waals surface area contributed by atoms with E-state index in [0.717, 1.165) is 22.3 Å². The van der Waals surface area contributed by atoms with Gasteiger partial charge in [-0.1, -0.05) is 35.9 Å². The van der Waals surface area contributed by atoms with Crippen LogP contribution in [0.3, 0.4) is 0 Å². The molecule has 3 aromatic rings.